The van der Waals surface area contributed by atoms with E-state index >= 15 is 0 Å². The Morgan fingerprint density at radius 2 is 2.16 bits per heavy atom. The highest BCUT2D eigenvalue weighted by Gasteiger charge is 2.19. The summed E-state index contributed by atoms with van der Waals surface area (Å²) in [6.07, 6.45) is 0. The zero-order chi connectivity index (χ0) is 14.0. The number of carbonyl (C=O) groups is 1. The molecule has 5 heteroatoms. The molecule has 0 spiro atoms. The Morgan fingerprint density at radius 1 is 1.42 bits per heavy atom. The Hall–Kier alpha value is -2.01. The third-order valence-corrected chi connectivity index (χ3v) is 3.08. The van der Waals surface area contributed by atoms with Gasteiger partial charge in [-0.15, -0.1) is 0 Å². The van der Waals surface area contributed by atoms with Crippen LogP contribution < -0.4 is 11.1 Å². The molecule has 1 heterocycles. The van der Waals surface area contributed by atoms with Crippen molar-refractivity contribution < 1.29 is 14.3 Å². The molecular weight excluding hydrogens is 244 g/mol. The van der Waals surface area contributed by atoms with Crippen molar-refractivity contribution in [1.82, 2.24) is 5.32 Å². The summed E-state index contributed by atoms with van der Waals surface area (Å²) >= 11 is 0. The number of aliphatic hydroxyl groups excluding tert-OH is 1. The second-order valence-electron chi connectivity index (χ2n) is 4.91. The van der Waals surface area contributed by atoms with Gasteiger partial charge in [-0.2, -0.15) is 0 Å². The Bertz CT molecular complexity index is 589. The van der Waals surface area contributed by atoms with Crippen LogP contribution in [0.3, 0.4) is 0 Å². The minimum atomic E-state index is -0.331. The lowest BCUT2D eigenvalue weighted by molar-refractivity contribution is 0.0871. The third kappa shape index (κ3) is 2.88. The molecule has 0 radical (unpaired) electrons. The molecule has 0 fully saturated rings. The number of nitrogen functional groups attached to an aromatic ring is 1. The summed E-state index contributed by atoms with van der Waals surface area (Å²) in [4.78, 5) is 12.0. The number of anilines is 1. The van der Waals surface area contributed by atoms with E-state index < -0.39 is 0 Å². The van der Waals surface area contributed by atoms with Crippen LogP contribution in [-0.2, 0) is 0 Å². The fourth-order valence-corrected chi connectivity index (χ4v) is 1.84. The van der Waals surface area contributed by atoms with Crippen molar-refractivity contribution in [2.75, 3.05) is 12.3 Å². The van der Waals surface area contributed by atoms with Gasteiger partial charge in [0.2, 0.25) is 0 Å². The molecule has 2 rings (SSSR count). The molecule has 1 atom stereocenters. The van der Waals surface area contributed by atoms with Crippen molar-refractivity contribution in [3.8, 4) is 0 Å². The molecule has 0 saturated heterocycles. The predicted octanol–water partition coefficient (Wildman–Crippen LogP) is 1.76. The molecule has 5 nitrogen and oxygen atoms in total. The van der Waals surface area contributed by atoms with E-state index in [-0.39, 0.29) is 30.2 Å². The molecule has 1 unspecified atom stereocenters. The molecule has 2 aromatic rings. The second kappa shape index (κ2) is 5.32. The zero-order valence-corrected chi connectivity index (χ0v) is 11.0. The van der Waals surface area contributed by atoms with Gasteiger partial charge in [0.1, 0.15) is 5.58 Å². The Morgan fingerprint density at radius 3 is 2.79 bits per heavy atom. The van der Waals surface area contributed by atoms with Gasteiger partial charge in [-0.1, -0.05) is 13.8 Å². The highest BCUT2D eigenvalue weighted by atomic mass is 16.3. The van der Waals surface area contributed by atoms with Crippen LogP contribution in [0.2, 0.25) is 0 Å². The highest BCUT2D eigenvalue weighted by Crippen LogP contribution is 2.21. The Kier molecular flexibility index (Phi) is 3.76. The maximum atomic E-state index is 12.0. The van der Waals surface area contributed by atoms with E-state index in [0.717, 1.165) is 5.39 Å². The van der Waals surface area contributed by atoms with Crippen LogP contribution in [0.5, 0.6) is 0 Å². The van der Waals surface area contributed by atoms with Gasteiger partial charge in [-0.25, -0.2) is 0 Å². The van der Waals surface area contributed by atoms with Crippen LogP contribution in [-0.4, -0.2) is 23.7 Å². The average molecular weight is 262 g/mol. The molecule has 102 valence electrons. The number of hydrogen-bond acceptors (Lipinski definition) is 4. The van der Waals surface area contributed by atoms with Crippen molar-refractivity contribution in [3.63, 3.8) is 0 Å². The van der Waals surface area contributed by atoms with E-state index in [2.05, 4.69) is 5.32 Å². The minimum absolute atomic E-state index is 0.101. The number of fused-ring (bicyclic) bond motifs is 1. The number of nitrogens with one attached hydrogen (secondary N) is 1. The summed E-state index contributed by atoms with van der Waals surface area (Å²) < 4.78 is 5.46. The average Bonchev–Trinajstić information content (AvgIpc) is 2.78. The molecular formula is C14H18N2O3. The van der Waals surface area contributed by atoms with E-state index in [0.29, 0.717) is 11.3 Å². The summed E-state index contributed by atoms with van der Waals surface area (Å²) in [6.45, 7) is 3.76. The number of benzene rings is 1. The molecule has 0 aliphatic heterocycles. The van der Waals surface area contributed by atoms with Crippen LogP contribution in [0.4, 0.5) is 5.69 Å². The van der Waals surface area contributed by atoms with E-state index in [9.17, 15) is 9.90 Å². The van der Waals surface area contributed by atoms with Crippen molar-refractivity contribution in [2.24, 2.45) is 5.92 Å². The molecule has 4 N–H and O–H groups in total. The Labute approximate surface area is 111 Å². The lowest BCUT2D eigenvalue weighted by atomic mass is 10.1. The van der Waals surface area contributed by atoms with Gasteiger partial charge in [0.05, 0.1) is 12.6 Å². The first-order valence-electron chi connectivity index (χ1n) is 6.22. The van der Waals surface area contributed by atoms with Crippen LogP contribution in [0.15, 0.2) is 28.7 Å². The molecule has 1 aromatic heterocycles. The van der Waals surface area contributed by atoms with Crippen LogP contribution >= 0.6 is 0 Å². The first kappa shape index (κ1) is 13.4. The fourth-order valence-electron chi connectivity index (χ4n) is 1.84. The summed E-state index contributed by atoms with van der Waals surface area (Å²) in [5.41, 5.74) is 6.91. The summed E-state index contributed by atoms with van der Waals surface area (Å²) in [7, 11) is 0. The maximum Gasteiger partial charge on any atom is 0.287 e. The number of aliphatic hydroxyl groups is 1. The highest BCUT2D eigenvalue weighted by molar-refractivity contribution is 5.96. The number of carbonyl (C=O) groups excluding carboxylic acids is 1. The zero-order valence-electron chi connectivity index (χ0n) is 11.0. The monoisotopic (exact) mass is 262 g/mol. The van der Waals surface area contributed by atoms with Crippen molar-refractivity contribution in [3.05, 3.63) is 30.0 Å². The van der Waals surface area contributed by atoms with E-state index in [1.165, 1.54) is 0 Å². The molecule has 0 saturated carbocycles. The van der Waals surface area contributed by atoms with E-state index in [1.54, 1.807) is 24.3 Å². The first-order chi connectivity index (χ1) is 9.01. The van der Waals surface area contributed by atoms with Gasteiger partial charge >= 0.3 is 0 Å². The van der Waals surface area contributed by atoms with Gasteiger partial charge < -0.3 is 20.6 Å². The van der Waals surface area contributed by atoms with Crippen LogP contribution in [0, 0.1) is 5.92 Å². The quantitative estimate of drug-likeness (QED) is 0.732. The molecule has 0 aliphatic carbocycles. The fraction of sp³-hybridized carbons (Fsp3) is 0.357. The van der Waals surface area contributed by atoms with Gasteiger partial charge in [-0.05, 0) is 30.2 Å². The predicted molar refractivity (Wildman–Crippen MR) is 73.8 cm³/mol. The number of amides is 1. The van der Waals surface area contributed by atoms with E-state index in [1.807, 2.05) is 13.8 Å². The van der Waals surface area contributed by atoms with Gasteiger partial charge in [-0.3, -0.25) is 4.79 Å². The topological polar surface area (TPSA) is 88.5 Å². The SMILES string of the molecule is CC(C)C(CO)NC(=O)c1cc2cc(N)ccc2o1. The van der Waals surface area contributed by atoms with Gasteiger partial charge in [0, 0.05) is 11.1 Å². The number of hydrogen-bond donors (Lipinski definition) is 3. The lowest BCUT2D eigenvalue weighted by Gasteiger charge is -2.18. The molecule has 1 aromatic carbocycles. The standard InChI is InChI=1S/C14H18N2O3/c1-8(2)11(7-17)16-14(18)13-6-9-5-10(15)3-4-12(9)19-13/h3-6,8,11,17H,7,15H2,1-2H3,(H,16,18). The largest absolute Gasteiger partial charge is 0.451 e. The third-order valence-electron chi connectivity index (χ3n) is 3.08. The first-order valence-corrected chi connectivity index (χ1v) is 6.22. The van der Waals surface area contributed by atoms with Gasteiger partial charge in [0.15, 0.2) is 5.76 Å². The normalized spacial score (nSPS) is 12.8. The van der Waals surface area contributed by atoms with Crippen molar-refractivity contribution in [1.29, 1.82) is 0 Å². The van der Waals surface area contributed by atoms with Crippen molar-refractivity contribution >= 4 is 22.6 Å². The minimum Gasteiger partial charge on any atom is -0.451 e. The number of furan rings is 1. The molecule has 0 aliphatic rings. The summed E-state index contributed by atoms with van der Waals surface area (Å²) in [5, 5.41) is 12.7. The van der Waals surface area contributed by atoms with E-state index in [4.69, 9.17) is 10.2 Å². The smallest absolute Gasteiger partial charge is 0.287 e. The molecule has 0 bridgehead atoms. The molecule has 1 amide bonds. The Balaban J connectivity index is 2.21. The van der Waals surface area contributed by atoms with Crippen LogP contribution in [0.1, 0.15) is 24.4 Å². The number of nitrogens with two attached hydrogens (primary N) is 1. The molecule has 19 heavy (non-hydrogen) atoms. The summed E-state index contributed by atoms with van der Waals surface area (Å²) in [6, 6.07) is 6.56. The van der Waals surface area contributed by atoms with Gasteiger partial charge in [0.25, 0.3) is 5.91 Å². The lowest BCUT2D eigenvalue weighted by Crippen LogP contribution is -2.40. The van der Waals surface area contributed by atoms with Crippen molar-refractivity contribution in [2.45, 2.75) is 19.9 Å². The second-order valence-corrected chi connectivity index (χ2v) is 4.91. The summed E-state index contributed by atoms with van der Waals surface area (Å²) in [5.74, 6) is 0.0381. The number of rotatable bonds is 4. The van der Waals surface area contributed by atoms with Crippen LogP contribution in [0.25, 0.3) is 11.0 Å². The maximum absolute atomic E-state index is 12.0.